The summed E-state index contributed by atoms with van der Waals surface area (Å²) in [6.45, 7) is 6.80. The molecule has 90 valence electrons. The van der Waals surface area contributed by atoms with Crippen LogP contribution in [0.3, 0.4) is 0 Å². The van der Waals surface area contributed by atoms with E-state index < -0.39 is 0 Å². The van der Waals surface area contributed by atoms with Crippen LogP contribution in [0, 0.1) is 5.92 Å². The first-order valence-corrected chi connectivity index (χ1v) is 6.48. The van der Waals surface area contributed by atoms with Crippen molar-refractivity contribution in [1.82, 2.24) is 0 Å². The highest BCUT2D eigenvalue weighted by molar-refractivity contribution is 5.30. The minimum atomic E-state index is 0.388. The van der Waals surface area contributed by atoms with Crippen LogP contribution in [0.2, 0.25) is 0 Å². The minimum Gasteiger partial charge on any atom is -0.508 e. The zero-order valence-corrected chi connectivity index (χ0v) is 10.7. The molecule has 0 fully saturated rings. The molecule has 2 atom stereocenters. The summed E-state index contributed by atoms with van der Waals surface area (Å²) < 4.78 is 0. The highest BCUT2D eigenvalue weighted by atomic mass is 16.3. The smallest absolute Gasteiger partial charge is 0.115 e. The number of hydrogen-bond acceptors (Lipinski definition) is 1. The Kier molecular flexibility index (Phi) is 5.37. The van der Waals surface area contributed by atoms with Gasteiger partial charge in [-0.3, -0.25) is 0 Å². The van der Waals surface area contributed by atoms with Crippen LogP contribution >= 0.6 is 0 Å². The van der Waals surface area contributed by atoms with E-state index in [1.165, 1.54) is 24.8 Å². The fourth-order valence-corrected chi connectivity index (χ4v) is 2.45. The molecule has 0 amide bonds. The van der Waals surface area contributed by atoms with Gasteiger partial charge in [-0.25, -0.2) is 0 Å². The van der Waals surface area contributed by atoms with Crippen molar-refractivity contribution in [2.24, 2.45) is 5.92 Å². The third-order valence-corrected chi connectivity index (χ3v) is 3.44. The number of unbranched alkanes of at least 4 members (excludes halogenated alkanes) is 1. The van der Waals surface area contributed by atoms with E-state index in [0.29, 0.717) is 17.6 Å². The molecule has 2 unspecified atom stereocenters. The lowest BCUT2D eigenvalue weighted by atomic mass is 9.82. The SMILES string of the molecule is CCCCC(C)C(CC)c1cccc(O)c1. The molecule has 16 heavy (non-hydrogen) atoms. The second kappa shape index (κ2) is 6.57. The number of phenolic OH excluding ortho intramolecular Hbond substituents is 1. The van der Waals surface area contributed by atoms with Gasteiger partial charge in [0.05, 0.1) is 0 Å². The lowest BCUT2D eigenvalue weighted by molar-refractivity contribution is 0.403. The van der Waals surface area contributed by atoms with Gasteiger partial charge in [-0.1, -0.05) is 52.2 Å². The van der Waals surface area contributed by atoms with Gasteiger partial charge < -0.3 is 5.11 Å². The van der Waals surface area contributed by atoms with E-state index in [4.69, 9.17) is 0 Å². The molecular formula is C15H24O. The molecule has 0 bridgehead atoms. The third kappa shape index (κ3) is 3.55. The molecule has 0 saturated carbocycles. The number of hydrogen-bond donors (Lipinski definition) is 1. The van der Waals surface area contributed by atoms with Crippen molar-refractivity contribution < 1.29 is 5.11 Å². The van der Waals surface area contributed by atoms with Crippen molar-refractivity contribution in [3.63, 3.8) is 0 Å². The zero-order chi connectivity index (χ0) is 12.0. The monoisotopic (exact) mass is 220 g/mol. The van der Waals surface area contributed by atoms with Crippen molar-refractivity contribution in [3.05, 3.63) is 29.8 Å². The summed E-state index contributed by atoms with van der Waals surface area (Å²) in [5.74, 6) is 1.67. The standard InChI is InChI=1S/C15H24O/c1-4-6-8-12(3)15(5-2)13-9-7-10-14(16)11-13/h7,9-12,15-16H,4-6,8H2,1-3H3. The van der Waals surface area contributed by atoms with Gasteiger partial charge >= 0.3 is 0 Å². The molecule has 0 heterocycles. The summed E-state index contributed by atoms with van der Waals surface area (Å²) in [6, 6.07) is 7.74. The van der Waals surface area contributed by atoms with Crippen LogP contribution in [-0.4, -0.2) is 5.11 Å². The van der Waals surface area contributed by atoms with E-state index in [1.54, 1.807) is 6.07 Å². The summed E-state index contributed by atoms with van der Waals surface area (Å²) in [5.41, 5.74) is 1.28. The molecule has 1 N–H and O–H groups in total. The molecule has 1 aromatic rings. The fraction of sp³-hybridized carbons (Fsp3) is 0.600. The van der Waals surface area contributed by atoms with E-state index in [0.717, 1.165) is 6.42 Å². The number of aromatic hydroxyl groups is 1. The van der Waals surface area contributed by atoms with Gasteiger partial charge in [-0.15, -0.1) is 0 Å². The van der Waals surface area contributed by atoms with Crippen molar-refractivity contribution in [2.75, 3.05) is 0 Å². The molecule has 0 radical (unpaired) electrons. The van der Waals surface area contributed by atoms with Crippen LogP contribution in [-0.2, 0) is 0 Å². The predicted molar refractivity (Wildman–Crippen MR) is 69.8 cm³/mol. The molecule has 0 aromatic heterocycles. The summed E-state index contributed by atoms with van der Waals surface area (Å²) in [5, 5.41) is 9.52. The van der Waals surface area contributed by atoms with Gasteiger partial charge in [0.15, 0.2) is 0 Å². The quantitative estimate of drug-likeness (QED) is 0.736. The second-order valence-electron chi connectivity index (χ2n) is 4.73. The average Bonchev–Trinajstić information content (AvgIpc) is 2.27. The number of benzene rings is 1. The van der Waals surface area contributed by atoms with Crippen LogP contribution in [0.4, 0.5) is 0 Å². The molecule has 1 aromatic carbocycles. The number of phenols is 1. The predicted octanol–water partition coefficient (Wildman–Crippen LogP) is 4.71. The van der Waals surface area contributed by atoms with Gasteiger partial charge in [0.25, 0.3) is 0 Å². The Bertz CT molecular complexity index is 306. The Labute approximate surface area is 99.5 Å². The maximum Gasteiger partial charge on any atom is 0.115 e. The molecule has 0 aliphatic rings. The van der Waals surface area contributed by atoms with Crippen LogP contribution in [0.25, 0.3) is 0 Å². The first-order chi connectivity index (χ1) is 7.69. The first kappa shape index (κ1) is 13.1. The fourth-order valence-electron chi connectivity index (χ4n) is 2.45. The summed E-state index contributed by atoms with van der Waals surface area (Å²) in [7, 11) is 0. The molecule has 1 heteroatoms. The molecular weight excluding hydrogens is 196 g/mol. The van der Waals surface area contributed by atoms with Gasteiger partial charge in [-0.05, 0) is 36.0 Å². The molecule has 0 saturated heterocycles. The zero-order valence-electron chi connectivity index (χ0n) is 10.7. The molecule has 0 aliphatic heterocycles. The van der Waals surface area contributed by atoms with Gasteiger partial charge in [0, 0.05) is 0 Å². The summed E-state index contributed by atoms with van der Waals surface area (Å²) in [6.07, 6.45) is 5.00. The van der Waals surface area contributed by atoms with E-state index in [1.807, 2.05) is 12.1 Å². The van der Waals surface area contributed by atoms with Crippen LogP contribution < -0.4 is 0 Å². The van der Waals surface area contributed by atoms with Crippen molar-refractivity contribution in [3.8, 4) is 5.75 Å². The maximum absolute atomic E-state index is 9.52. The largest absolute Gasteiger partial charge is 0.508 e. The van der Waals surface area contributed by atoms with E-state index in [-0.39, 0.29) is 0 Å². The Morgan fingerprint density at radius 2 is 2.00 bits per heavy atom. The Balaban J connectivity index is 2.73. The topological polar surface area (TPSA) is 20.2 Å². The van der Waals surface area contributed by atoms with Gasteiger partial charge in [0.1, 0.15) is 5.75 Å². The molecule has 1 nitrogen and oxygen atoms in total. The first-order valence-electron chi connectivity index (χ1n) is 6.48. The number of rotatable bonds is 6. The summed E-state index contributed by atoms with van der Waals surface area (Å²) in [4.78, 5) is 0. The highest BCUT2D eigenvalue weighted by Gasteiger charge is 2.17. The maximum atomic E-state index is 9.52. The van der Waals surface area contributed by atoms with Crippen molar-refractivity contribution in [1.29, 1.82) is 0 Å². The van der Waals surface area contributed by atoms with E-state index in [2.05, 4.69) is 26.8 Å². The second-order valence-corrected chi connectivity index (χ2v) is 4.73. The van der Waals surface area contributed by atoms with Crippen LogP contribution in [0.1, 0.15) is 57.9 Å². The lowest BCUT2D eigenvalue weighted by Gasteiger charge is -2.23. The molecule has 1 rings (SSSR count). The Morgan fingerprint density at radius 1 is 1.25 bits per heavy atom. The van der Waals surface area contributed by atoms with Crippen molar-refractivity contribution in [2.45, 2.75) is 52.4 Å². The minimum absolute atomic E-state index is 0.388. The van der Waals surface area contributed by atoms with Crippen molar-refractivity contribution >= 4 is 0 Å². The molecule has 0 aliphatic carbocycles. The van der Waals surface area contributed by atoms with Crippen LogP contribution in [0.5, 0.6) is 5.75 Å². The van der Waals surface area contributed by atoms with Gasteiger partial charge in [-0.2, -0.15) is 0 Å². The average molecular weight is 220 g/mol. The summed E-state index contributed by atoms with van der Waals surface area (Å²) >= 11 is 0. The third-order valence-electron chi connectivity index (χ3n) is 3.44. The van der Waals surface area contributed by atoms with E-state index in [9.17, 15) is 5.11 Å². The lowest BCUT2D eigenvalue weighted by Crippen LogP contribution is -2.09. The van der Waals surface area contributed by atoms with Gasteiger partial charge in [0.2, 0.25) is 0 Å². The highest BCUT2D eigenvalue weighted by Crippen LogP contribution is 2.32. The van der Waals surface area contributed by atoms with E-state index >= 15 is 0 Å². The molecule has 0 spiro atoms. The Morgan fingerprint density at radius 3 is 2.56 bits per heavy atom. The van der Waals surface area contributed by atoms with Crippen LogP contribution in [0.15, 0.2) is 24.3 Å². The Hall–Kier alpha value is -0.980. The normalized spacial score (nSPS) is 14.7.